The van der Waals surface area contributed by atoms with Crippen molar-refractivity contribution in [3.8, 4) is 55.6 Å². The Labute approximate surface area is 488 Å². The Morgan fingerprint density at radius 1 is 0.277 bits per heavy atom. The van der Waals surface area contributed by atoms with Crippen LogP contribution in [0.25, 0.3) is 55.6 Å². The summed E-state index contributed by atoms with van der Waals surface area (Å²) in [6.45, 7) is 0. The van der Waals surface area contributed by atoms with E-state index in [0.717, 1.165) is 12.8 Å². The molecular weight excluding hydrogens is 999 g/mol. The summed E-state index contributed by atoms with van der Waals surface area (Å²) in [5.74, 6) is 1.59. The van der Waals surface area contributed by atoms with E-state index >= 15 is 0 Å². The van der Waals surface area contributed by atoms with E-state index in [1.165, 1.54) is 133 Å². The van der Waals surface area contributed by atoms with E-state index in [1.807, 2.05) is 0 Å². The molecule has 8 aliphatic rings. The Morgan fingerprint density at radius 2 is 0.675 bits per heavy atom. The van der Waals surface area contributed by atoms with Gasteiger partial charge in [-0.15, -0.1) is 0 Å². The van der Waals surface area contributed by atoms with Crippen LogP contribution >= 0.6 is 0 Å². The monoisotopic (exact) mass is 1060 g/mol. The van der Waals surface area contributed by atoms with E-state index in [4.69, 9.17) is 0 Å². The molecule has 0 amide bonds. The lowest BCUT2D eigenvalue weighted by Crippen LogP contribution is -2.60. The highest BCUT2D eigenvalue weighted by molar-refractivity contribution is 6.01. The van der Waals surface area contributed by atoms with Crippen LogP contribution < -0.4 is 4.90 Å². The molecule has 0 saturated heterocycles. The summed E-state index contributed by atoms with van der Waals surface area (Å²) in [5.41, 5.74) is 31.8. The third-order valence-electron chi connectivity index (χ3n) is 23.0. The maximum absolute atomic E-state index is 2.73. The first-order valence-corrected chi connectivity index (χ1v) is 31.0. The SMILES string of the molecule is c1ccc(N(c2ccc3c(c2)-c2ccccc2C2CCC45CC(CCC67CC(CC3(C2)C46)c2ccccc2-c2ccccc27)c2ccccc2-c2ccccc25)c2cccc3c2-c2ccccc2C32c3ccccc3-c3ccccc32)cc1. The van der Waals surface area contributed by atoms with Gasteiger partial charge in [0.15, 0.2) is 0 Å². The van der Waals surface area contributed by atoms with Crippen LogP contribution in [0.2, 0.25) is 0 Å². The Kier molecular flexibility index (Phi) is 9.54. The Bertz CT molecular complexity index is 4500. The van der Waals surface area contributed by atoms with Gasteiger partial charge in [-0.1, -0.05) is 231 Å². The van der Waals surface area contributed by atoms with Crippen LogP contribution in [0.4, 0.5) is 17.1 Å². The van der Waals surface area contributed by atoms with Crippen LogP contribution in [0.3, 0.4) is 0 Å². The van der Waals surface area contributed by atoms with Crippen molar-refractivity contribution in [1.29, 1.82) is 0 Å². The Balaban J connectivity index is 0.903. The van der Waals surface area contributed by atoms with E-state index in [1.54, 1.807) is 33.4 Å². The second-order valence-corrected chi connectivity index (χ2v) is 26.2. The van der Waals surface area contributed by atoms with Gasteiger partial charge in [-0.2, -0.15) is 0 Å². The van der Waals surface area contributed by atoms with Crippen LogP contribution in [-0.4, -0.2) is 0 Å². The number of fused-ring (bicyclic) bond motifs is 25. The zero-order valence-electron chi connectivity index (χ0n) is 46.7. The highest BCUT2D eigenvalue weighted by atomic mass is 15.1. The molecule has 0 aliphatic heterocycles. The molecule has 0 N–H and O–H groups in total. The second-order valence-electron chi connectivity index (χ2n) is 26.2. The number of rotatable bonds is 3. The molecule has 6 bridgehead atoms. The number of hydrogen-bond acceptors (Lipinski definition) is 1. The average molecular weight is 1060 g/mol. The molecule has 4 spiro atoms. The third-order valence-corrected chi connectivity index (χ3v) is 23.0. The first kappa shape index (κ1) is 46.8. The van der Waals surface area contributed by atoms with Gasteiger partial charge < -0.3 is 4.90 Å². The van der Waals surface area contributed by atoms with Crippen molar-refractivity contribution in [3.63, 3.8) is 0 Å². The molecular formula is C82H63N. The topological polar surface area (TPSA) is 3.24 Å². The van der Waals surface area contributed by atoms with E-state index in [-0.39, 0.29) is 16.2 Å². The van der Waals surface area contributed by atoms with Gasteiger partial charge in [0.05, 0.1) is 11.1 Å². The van der Waals surface area contributed by atoms with Gasteiger partial charge in [-0.3, -0.25) is 0 Å². The summed E-state index contributed by atoms with van der Waals surface area (Å²) >= 11 is 0. The van der Waals surface area contributed by atoms with Crippen LogP contribution in [-0.2, 0) is 21.7 Å². The predicted octanol–water partition coefficient (Wildman–Crippen LogP) is 20.7. The van der Waals surface area contributed by atoms with Crippen molar-refractivity contribution >= 4 is 17.1 Å². The van der Waals surface area contributed by atoms with E-state index in [2.05, 4.69) is 266 Å². The van der Waals surface area contributed by atoms with Gasteiger partial charge in [0, 0.05) is 33.2 Å². The third kappa shape index (κ3) is 5.93. The van der Waals surface area contributed by atoms with Gasteiger partial charge in [0.2, 0.25) is 0 Å². The molecule has 396 valence electrons. The lowest BCUT2D eigenvalue weighted by Gasteiger charge is -2.63. The summed E-state index contributed by atoms with van der Waals surface area (Å²) in [7, 11) is 0. The summed E-state index contributed by atoms with van der Waals surface area (Å²) in [5, 5.41) is 0. The molecule has 0 radical (unpaired) electrons. The molecule has 11 aromatic rings. The van der Waals surface area contributed by atoms with Crippen LogP contribution in [0.15, 0.2) is 261 Å². The number of hydrogen-bond donors (Lipinski definition) is 0. The maximum Gasteiger partial charge on any atom is 0.0726 e. The predicted molar refractivity (Wildman–Crippen MR) is 340 cm³/mol. The summed E-state index contributed by atoms with van der Waals surface area (Å²) in [6.07, 6.45) is 9.42. The van der Waals surface area contributed by atoms with E-state index < -0.39 is 5.41 Å². The zero-order chi connectivity index (χ0) is 54.2. The fraction of sp³-hybridized carbons (Fsp3) is 0.195. The number of benzene rings is 11. The van der Waals surface area contributed by atoms with Crippen LogP contribution in [0.5, 0.6) is 0 Å². The normalized spacial score (nSPS) is 25.0. The first-order valence-electron chi connectivity index (χ1n) is 31.0. The zero-order valence-corrected chi connectivity index (χ0v) is 46.7. The minimum absolute atomic E-state index is 0.0878. The summed E-state index contributed by atoms with van der Waals surface area (Å²) < 4.78 is 0. The maximum atomic E-state index is 2.73. The highest BCUT2D eigenvalue weighted by Gasteiger charge is 2.69. The Hall–Kier alpha value is -8.78. The van der Waals surface area contributed by atoms with Crippen LogP contribution in [0, 0.1) is 5.92 Å². The lowest BCUT2D eigenvalue weighted by molar-refractivity contribution is 0.00245. The van der Waals surface area contributed by atoms with E-state index in [9.17, 15) is 0 Å². The number of para-hydroxylation sites is 1. The van der Waals surface area contributed by atoms with E-state index in [0.29, 0.717) is 23.7 Å². The Morgan fingerprint density at radius 3 is 1.25 bits per heavy atom. The first-order chi connectivity index (χ1) is 41.1. The molecule has 83 heavy (non-hydrogen) atoms. The minimum atomic E-state index is -0.448. The van der Waals surface area contributed by atoms with Crippen molar-refractivity contribution in [3.05, 3.63) is 316 Å². The quantitative estimate of drug-likeness (QED) is 0.170. The number of anilines is 3. The summed E-state index contributed by atoms with van der Waals surface area (Å²) in [4.78, 5) is 2.64. The van der Waals surface area contributed by atoms with Gasteiger partial charge in [-0.25, -0.2) is 0 Å². The molecule has 11 aromatic carbocycles. The molecule has 19 rings (SSSR count). The molecule has 3 saturated carbocycles. The molecule has 1 nitrogen and oxygen atoms in total. The molecule has 7 unspecified atom stereocenters. The molecule has 7 atom stereocenters. The number of nitrogens with zero attached hydrogens (tertiary/aromatic N) is 1. The lowest BCUT2D eigenvalue weighted by atomic mass is 9.40. The standard InChI is InChI=1S/C82H63N/c1-2-21-55(22-3-1)83(76-40-20-39-75-77(76)67-33-14-19-38-74(67)82(75)72-36-17-12-31-65(72)66-32-13-18-37-73(66)82)56-41-42-71-68(47-56)62-28-9-5-24-58(62)53-44-45-79-48-52(57-23-4-7-26-60(57)63-29-10-15-34-69(63)79)43-46-80-50-54(51-81(71,49-53)78(79)80)59-25-6-8-27-61(59)64-30-11-16-35-70(64)80/h1-42,47,52-54,78H,43-46,48-51H2. The van der Waals surface area contributed by atoms with Crippen molar-refractivity contribution in [1.82, 2.24) is 0 Å². The molecule has 0 aromatic heterocycles. The van der Waals surface area contributed by atoms with Gasteiger partial charge >= 0.3 is 0 Å². The molecule has 3 fully saturated rings. The highest BCUT2D eigenvalue weighted by Crippen LogP contribution is 2.77. The van der Waals surface area contributed by atoms with Gasteiger partial charge in [0.1, 0.15) is 0 Å². The van der Waals surface area contributed by atoms with Gasteiger partial charge in [-0.05, 0) is 211 Å². The molecule has 1 heteroatoms. The van der Waals surface area contributed by atoms with Crippen molar-refractivity contribution < 1.29 is 0 Å². The largest absolute Gasteiger partial charge is 0.310 e. The van der Waals surface area contributed by atoms with Crippen molar-refractivity contribution in [2.45, 2.75) is 90.8 Å². The smallest absolute Gasteiger partial charge is 0.0726 e. The second kappa shape index (κ2) is 16.9. The van der Waals surface area contributed by atoms with Gasteiger partial charge in [0.25, 0.3) is 0 Å². The fourth-order valence-electron chi connectivity index (χ4n) is 20.7. The average Bonchev–Trinajstić information content (AvgIpc) is 1.79. The molecule has 0 heterocycles. The molecule has 8 aliphatic carbocycles. The fourth-order valence-corrected chi connectivity index (χ4v) is 20.7. The minimum Gasteiger partial charge on any atom is -0.310 e. The van der Waals surface area contributed by atoms with Crippen molar-refractivity contribution in [2.75, 3.05) is 4.90 Å². The summed E-state index contributed by atoms with van der Waals surface area (Å²) in [6, 6.07) is 103. The van der Waals surface area contributed by atoms with Crippen LogP contribution in [0.1, 0.15) is 125 Å². The van der Waals surface area contributed by atoms with Crippen molar-refractivity contribution in [2.24, 2.45) is 5.92 Å².